The van der Waals surface area contributed by atoms with Gasteiger partial charge in [-0.2, -0.15) is 0 Å². The van der Waals surface area contributed by atoms with E-state index < -0.39 is 0 Å². The molecule has 1 aliphatic heterocycles. The van der Waals surface area contributed by atoms with Gasteiger partial charge in [-0.25, -0.2) is 0 Å². The molecule has 3 rings (SSSR count). The van der Waals surface area contributed by atoms with Crippen molar-refractivity contribution in [3.05, 3.63) is 71.8 Å². The summed E-state index contributed by atoms with van der Waals surface area (Å²) in [6.45, 7) is 2.91. The summed E-state index contributed by atoms with van der Waals surface area (Å²) < 4.78 is 0. The summed E-state index contributed by atoms with van der Waals surface area (Å²) in [7, 11) is 0. The minimum Gasteiger partial charge on any atom is -0.356 e. The van der Waals surface area contributed by atoms with E-state index in [0.717, 1.165) is 19.4 Å². The monoisotopic (exact) mass is 279 g/mol. The molecule has 0 saturated carbocycles. The largest absolute Gasteiger partial charge is 0.356 e. The van der Waals surface area contributed by atoms with E-state index in [2.05, 4.69) is 60.8 Å². The minimum absolute atomic E-state index is 0.118. The van der Waals surface area contributed by atoms with Crippen molar-refractivity contribution in [3.8, 4) is 0 Å². The maximum atomic E-state index is 12.6. The molecule has 0 spiro atoms. The van der Waals surface area contributed by atoms with Crippen LogP contribution in [0, 0.1) is 5.41 Å². The average Bonchev–Trinajstić information content (AvgIpc) is 2.92. The number of carbonyl (C=O) groups excluding carboxylic acids is 1. The first-order chi connectivity index (χ1) is 10.3. The molecule has 1 fully saturated rings. The van der Waals surface area contributed by atoms with Gasteiger partial charge in [0.2, 0.25) is 5.91 Å². The van der Waals surface area contributed by atoms with Crippen LogP contribution < -0.4 is 5.32 Å². The summed E-state index contributed by atoms with van der Waals surface area (Å²) in [6, 6.07) is 20.8. The first-order valence-electron chi connectivity index (χ1n) is 7.66. The molecular formula is C19H21NO. The third-order valence-electron chi connectivity index (χ3n) is 4.76. The molecule has 1 saturated heterocycles. The van der Waals surface area contributed by atoms with E-state index in [1.165, 1.54) is 11.1 Å². The molecule has 1 atom stereocenters. The Balaban J connectivity index is 2.15. The summed E-state index contributed by atoms with van der Waals surface area (Å²) in [6.07, 6.45) is 1.75. The molecule has 1 amide bonds. The quantitative estimate of drug-likeness (QED) is 0.907. The fraction of sp³-hybridized carbons (Fsp3) is 0.316. The Kier molecular flexibility index (Phi) is 3.78. The molecule has 1 N–H and O–H groups in total. The second-order valence-electron chi connectivity index (χ2n) is 5.77. The molecule has 0 aromatic heterocycles. The van der Waals surface area contributed by atoms with Gasteiger partial charge in [-0.3, -0.25) is 4.79 Å². The Labute approximate surface area is 126 Å². The summed E-state index contributed by atoms with van der Waals surface area (Å²) >= 11 is 0. The molecule has 1 unspecified atom stereocenters. The zero-order chi connectivity index (χ0) is 14.7. The Morgan fingerprint density at radius 1 is 1.00 bits per heavy atom. The summed E-state index contributed by atoms with van der Waals surface area (Å²) in [5, 5.41) is 3.04. The van der Waals surface area contributed by atoms with Crippen molar-refractivity contribution in [3.63, 3.8) is 0 Å². The van der Waals surface area contributed by atoms with Crippen molar-refractivity contribution in [2.45, 2.75) is 25.7 Å². The predicted octanol–water partition coefficient (Wildman–Crippen LogP) is 3.73. The number of carbonyl (C=O) groups is 1. The van der Waals surface area contributed by atoms with E-state index in [1.54, 1.807) is 0 Å². The predicted molar refractivity (Wildman–Crippen MR) is 85.1 cm³/mol. The molecule has 1 heterocycles. The average molecular weight is 279 g/mol. The standard InChI is InChI=1S/C19H21NO/c1-2-19(13-14-20-18(19)21)17(15-9-5-3-6-10-15)16-11-7-4-8-12-16/h3-12,17H,2,13-14H2,1H3,(H,20,21). The highest BCUT2D eigenvalue weighted by Gasteiger charge is 2.48. The number of hydrogen-bond donors (Lipinski definition) is 1. The van der Waals surface area contributed by atoms with Crippen molar-refractivity contribution in [1.29, 1.82) is 0 Å². The second kappa shape index (κ2) is 5.72. The fourth-order valence-electron chi connectivity index (χ4n) is 3.63. The van der Waals surface area contributed by atoms with Crippen LogP contribution in [0.3, 0.4) is 0 Å². The molecule has 2 aromatic rings. The molecule has 21 heavy (non-hydrogen) atoms. The summed E-state index contributed by atoms with van der Waals surface area (Å²) in [5.41, 5.74) is 2.12. The summed E-state index contributed by atoms with van der Waals surface area (Å²) in [5.74, 6) is 0.315. The molecule has 0 aliphatic carbocycles. The lowest BCUT2D eigenvalue weighted by Gasteiger charge is -2.35. The Hall–Kier alpha value is -2.09. The van der Waals surface area contributed by atoms with Crippen LogP contribution in [-0.4, -0.2) is 12.5 Å². The van der Waals surface area contributed by atoms with Crippen molar-refractivity contribution in [1.82, 2.24) is 5.32 Å². The van der Waals surface area contributed by atoms with Crippen molar-refractivity contribution >= 4 is 5.91 Å². The molecule has 2 heteroatoms. The Morgan fingerprint density at radius 2 is 1.52 bits per heavy atom. The van der Waals surface area contributed by atoms with E-state index in [1.807, 2.05) is 12.1 Å². The van der Waals surface area contributed by atoms with Gasteiger partial charge in [0, 0.05) is 12.5 Å². The molecule has 108 valence electrons. The van der Waals surface area contributed by atoms with E-state index in [-0.39, 0.29) is 17.2 Å². The normalized spacial score (nSPS) is 21.5. The minimum atomic E-state index is -0.331. The number of hydrogen-bond acceptors (Lipinski definition) is 1. The van der Waals surface area contributed by atoms with Gasteiger partial charge >= 0.3 is 0 Å². The van der Waals surface area contributed by atoms with Gasteiger partial charge in [0.1, 0.15) is 0 Å². The lowest BCUT2D eigenvalue weighted by molar-refractivity contribution is -0.128. The molecule has 2 aromatic carbocycles. The molecule has 0 bridgehead atoms. The zero-order valence-electron chi connectivity index (χ0n) is 12.4. The van der Waals surface area contributed by atoms with Crippen LogP contribution in [0.4, 0.5) is 0 Å². The van der Waals surface area contributed by atoms with Crippen LogP contribution >= 0.6 is 0 Å². The molecule has 0 radical (unpaired) electrons. The highest BCUT2D eigenvalue weighted by atomic mass is 16.2. The van der Waals surface area contributed by atoms with Crippen LogP contribution in [0.15, 0.2) is 60.7 Å². The van der Waals surface area contributed by atoms with Gasteiger partial charge in [0.15, 0.2) is 0 Å². The molecule has 1 aliphatic rings. The van der Waals surface area contributed by atoms with Gasteiger partial charge in [-0.15, -0.1) is 0 Å². The van der Waals surface area contributed by atoms with E-state index in [0.29, 0.717) is 0 Å². The second-order valence-corrected chi connectivity index (χ2v) is 5.77. The Bertz CT molecular complexity index is 568. The topological polar surface area (TPSA) is 29.1 Å². The first kappa shape index (κ1) is 13.9. The molecular weight excluding hydrogens is 258 g/mol. The van der Waals surface area contributed by atoms with E-state index in [4.69, 9.17) is 0 Å². The highest BCUT2D eigenvalue weighted by molar-refractivity contribution is 5.86. The summed E-state index contributed by atoms with van der Waals surface area (Å²) in [4.78, 5) is 12.6. The van der Waals surface area contributed by atoms with Crippen molar-refractivity contribution in [2.75, 3.05) is 6.54 Å². The SMILES string of the molecule is CCC1(C(c2ccccc2)c2ccccc2)CCNC1=O. The van der Waals surface area contributed by atoms with Crippen LogP contribution in [0.25, 0.3) is 0 Å². The van der Waals surface area contributed by atoms with E-state index in [9.17, 15) is 4.79 Å². The number of rotatable bonds is 4. The first-order valence-corrected chi connectivity index (χ1v) is 7.66. The molecule has 2 nitrogen and oxygen atoms in total. The van der Waals surface area contributed by atoms with Crippen molar-refractivity contribution < 1.29 is 4.79 Å². The maximum absolute atomic E-state index is 12.6. The third kappa shape index (κ3) is 2.35. The lowest BCUT2D eigenvalue weighted by Crippen LogP contribution is -2.37. The Morgan fingerprint density at radius 3 is 1.90 bits per heavy atom. The number of benzene rings is 2. The fourth-order valence-corrected chi connectivity index (χ4v) is 3.63. The van der Waals surface area contributed by atoms with E-state index >= 15 is 0 Å². The lowest BCUT2D eigenvalue weighted by atomic mass is 9.66. The van der Waals surface area contributed by atoms with Gasteiger partial charge < -0.3 is 5.32 Å². The number of amides is 1. The third-order valence-corrected chi connectivity index (χ3v) is 4.76. The smallest absolute Gasteiger partial charge is 0.227 e. The van der Waals surface area contributed by atoms with Crippen LogP contribution in [-0.2, 0) is 4.79 Å². The van der Waals surface area contributed by atoms with Gasteiger partial charge in [0.05, 0.1) is 5.41 Å². The van der Waals surface area contributed by atoms with Crippen molar-refractivity contribution in [2.24, 2.45) is 5.41 Å². The maximum Gasteiger partial charge on any atom is 0.227 e. The zero-order valence-corrected chi connectivity index (χ0v) is 12.4. The van der Waals surface area contributed by atoms with Gasteiger partial charge in [0.25, 0.3) is 0 Å². The van der Waals surface area contributed by atoms with Crippen LogP contribution in [0.2, 0.25) is 0 Å². The number of nitrogens with one attached hydrogen (secondary N) is 1. The van der Waals surface area contributed by atoms with Crippen LogP contribution in [0.1, 0.15) is 36.8 Å². The van der Waals surface area contributed by atoms with Gasteiger partial charge in [-0.1, -0.05) is 67.6 Å². The van der Waals surface area contributed by atoms with Gasteiger partial charge in [-0.05, 0) is 24.0 Å². The van der Waals surface area contributed by atoms with Crippen LogP contribution in [0.5, 0.6) is 0 Å². The highest BCUT2D eigenvalue weighted by Crippen LogP contribution is 2.48.